The van der Waals surface area contributed by atoms with E-state index in [1.165, 1.54) is 34.9 Å². The van der Waals surface area contributed by atoms with Gasteiger partial charge in [0.1, 0.15) is 23.0 Å². The second-order valence-corrected chi connectivity index (χ2v) is 6.52. The van der Waals surface area contributed by atoms with Gasteiger partial charge in [-0.3, -0.25) is 9.36 Å². The van der Waals surface area contributed by atoms with Crippen LogP contribution >= 0.6 is 0 Å². The predicted octanol–water partition coefficient (Wildman–Crippen LogP) is 2.38. The van der Waals surface area contributed by atoms with E-state index in [0.29, 0.717) is 26.2 Å². The van der Waals surface area contributed by atoms with Crippen molar-refractivity contribution in [2.24, 2.45) is 0 Å². The van der Waals surface area contributed by atoms with Gasteiger partial charge in [-0.05, 0) is 30.3 Å². The fourth-order valence-electron chi connectivity index (χ4n) is 3.59. The summed E-state index contributed by atoms with van der Waals surface area (Å²) < 4.78 is 29.9. The number of para-hydroxylation sites is 1. The summed E-state index contributed by atoms with van der Waals surface area (Å²) in [6, 6.07) is 9.42. The van der Waals surface area contributed by atoms with E-state index in [9.17, 15) is 23.5 Å². The highest BCUT2D eigenvalue weighted by molar-refractivity contribution is 5.99. The SMILES string of the molecule is O=C(O)c1c(N2CCNCC2)n(-c2ccccc2F)c2ccc(F)cc2c1=O. The maximum Gasteiger partial charge on any atom is 0.343 e. The number of anilines is 1. The van der Waals surface area contributed by atoms with E-state index < -0.39 is 28.6 Å². The molecule has 1 fully saturated rings. The van der Waals surface area contributed by atoms with Crippen LogP contribution in [0.3, 0.4) is 0 Å². The van der Waals surface area contributed by atoms with Crippen molar-refractivity contribution in [2.75, 3.05) is 31.1 Å². The first-order valence-corrected chi connectivity index (χ1v) is 8.81. The summed E-state index contributed by atoms with van der Waals surface area (Å²) in [5, 5.41) is 12.9. The molecule has 1 aliphatic heterocycles. The summed E-state index contributed by atoms with van der Waals surface area (Å²) in [5.41, 5.74) is -0.948. The van der Waals surface area contributed by atoms with Gasteiger partial charge in [0.2, 0.25) is 5.43 Å². The van der Waals surface area contributed by atoms with Crippen molar-refractivity contribution in [3.05, 3.63) is 69.9 Å². The molecule has 2 aromatic carbocycles. The number of rotatable bonds is 3. The van der Waals surface area contributed by atoms with Crippen molar-refractivity contribution in [1.29, 1.82) is 0 Å². The average Bonchev–Trinajstić information content (AvgIpc) is 2.69. The van der Waals surface area contributed by atoms with E-state index in [2.05, 4.69) is 5.32 Å². The van der Waals surface area contributed by atoms with Crippen LogP contribution in [-0.4, -0.2) is 41.8 Å². The summed E-state index contributed by atoms with van der Waals surface area (Å²) in [5.74, 6) is -2.58. The molecule has 0 atom stereocenters. The molecule has 0 spiro atoms. The Kier molecular flexibility index (Phi) is 4.56. The van der Waals surface area contributed by atoms with Gasteiger partial charge in [0, 0.05) is 31.6 Å². The molecule has 1 aromatic heterocycles. The van der Waals surface area contributed by atoms with Crippen LogP contribution in [-0.2, 0) is 0 Å². The molecule has 0 amide bonds. The Labute approximate surface area is 158 Å². The standard InChI is InChI=1S/C20H17F2N3O3/c21-12-5-6-15-13(11-12)18(26)17(20(27)28)19(24-9-7-23-8-10-24)25(15)16-4-2-1-3-14(16)22/h1-6,11,23H,7-10H2,(H,27,28). The monoisotopic (exact) mass is 385 g/mol. The number of carbonyl (C=O) groups is 1. The normalized spacial score (nSPS) is 14.4. The van der Waals surface area contributed by atoms with Crippen LogP contribution in [0, 0.1) is 11.6 Å². The Balaban J connectivity index is 2.20. The molecule has 0 aliphatic carbocycles. The van der Waals surface area contributed by atoms with Crippen LogP contribution in [0.5, 0.6) is 0 Å². The van der Waals surface area contributed by atoms with Crippen molar-refractivity contribution in [2.45, 2.75) is 0 Å². The molecule has 1 saturated heterocycles. The number of nitrogens with zero attached hydrogens (tertiary/aromatic N) is 2. The number of hydrogen-bond acceptors (Lipinski definition) is 4. The van der Waals surface area contributed by atoms with Crippen LogP contribution in [0.4, 0.5) is 14.6 Å². The number of pyridine rings is 1. The maximum atomic E-state index is 14.7. The Morgan fingerprint density at radius 1 is 1.07 bits per heavy atom. The van der Waals surface area contributed by atoms with E-state index in [-0.39, 0.29) is 22.4 Å². The summed E-state index contributed by atoms with van der Waals surface area (Å²) >= 11 is 0. The lowest BCUT2D eigenvalue weighted by Crippen LogP contribution is -2.46. The third-order valence-corrected chi connectivity index (χ3v) is 4.83. The van der Waals surface area contributed by atoms with Gasteiger partial charge >= 0.3 is 5.97 Å². The third kappa shape index (κ3) is 2.91. The molecule has 0 saturated carbocycles. The van der Waals surface area contributed by atoms with Crippen molar-refractivity contribution in [3.8, 4) is 5.69 Å². The third-order valence-electron chi connectivity index (χ3n) is 4.83. The van der Waals surface area contributed by atoms with E-state index in [0.717, 1.165) is 6.07 Å². The van der Waals surface area contributed by atoms with Crippen LogP contribution in [0.25, 0.3) is 16.6 Å². The summed E-state index contributed by atoms with van der Waals surface area (Å²) in [6.45, 7) is 2.07. The minimum atomic E-state index is -1.44. The molecule has 0 unspecified atom stereocenters. The van der Waals surface area contributed by atoms with Crippen molar-refractivity contribution < 1.29 is 18.7 Å². The van der Waals surface area contributed by atoms with Crippen molar-refractivity contribution in [3.63, 3.8) is 0 Å². The molecule has 0 radical (unpaired) electrons. The summed E-state index contributed by atoms with van der Waals surface area (Å²) in [7, 11) is 0. The highest BCUT2D eigenvalue weighted by atomic mass is 19.1. The first kappa shape index (κ1) is 18.1. The van der Waals surface area contributed by atoms with E-state index in [1.807, 2.05) is 0 Å². The van der Waals surface area contributed by atoms with E-state index >= 15 is 0 Å². The fraction of sp³-hybridized carbons (Fsp3) is 0.200. The molecule has 1 aliphatic rings. The maximum absolute atomic E-state index is 14.7. The molecule has 0 bridgehead atoms. The molecule has 4 rings (SSSR count). The number of fused-ring (bicyclic) bond motifs is 1. The molecule has 3 aromatic rings. The number of aromatic nitrogens is 1. The second-order valence-electron chi connectivity index (χ2n) is 6.52. The highest BCUT2D eigenvalue weighted by Gasteiger charge is 2.28. The summed E-state index contributed by atoms with van der Waals surface area (Å²) in [6.07, 6.45) is 0. The minimum absolute atomic E-state index is 0.0927. The number of carboxylic acid groups (broad SMARTS) is 1. The van der Waals surface area contributed by atoms with Crippen LogP contribution < -0.4 is 15.6 Å². The smallest absolute Gasteiger partial charge is 0.343 e. The molecule has 6 nitrogen and oxygen atoms in total. The molecule has 28 heavy (non-hydrogen) atoms. The van der Waals surface area contributed by atoms with Gasteiger partial charge in [-0.25, -0.2) is 13.6 Å². The van der Waals surface area contributed by atoms with Gasteiger partial charge in [0.05, 0.1) is 11.2 Å². The molecule has 2 N–H and O–H groups in total. The number of carboxylic acids is 1. The zero-order chi connectivity index (χ0) is 19.8. The zero-order valence-corrected chi connectivity index (χ0v) is 14.8. The Bertz CT molecular complexity index is 1140. The molecule has 2 heterocycles. The van der Waals surface area contributed by atoms with Gasteiger partial charge in [0.15, 0.2) is 0 Å². The molecule has 8 heteroatoms. The lowest BCUT2D eigenvalue weighted by Gasteiger charge is -2.33. The molecule has 144 valence electrons. The number of aromatic carboxylic acids is 1. The molecular formula is C20H17F2N3O3. The zero-order valence-electron chi connectivity index (χ0n) is 14.8. The first-order valence-electron chi connectivity index (χ1n) is 8.81. The lowest BCUT2D eigenvalue weighted by molar-refractivity contribution is 0.0695. The van der Waals surface area contributed by atoms with Gasteiger partial charge in [-0.2, -0.15) is 0 Å². The Hall–Kier alpha value is -3.26. The van der Waals surface area contributed by atoms with Crippen molar-refractivity contribution in [1.82, 2.24) is 9.88 Å². The fourth-order valence-corrected chi connectivity index (χ4v) is 3.59. The van der Waals surface area contributed by atoms with Crippen LogP contribution in [0.2, 0.25) is 0 Å². The quantitative estimate of drug-likeness (QED) is 0.724. The predicted molar refractivity (Wildman–Crippen MR) is 102 cm³/mol. The topological polar surface area (TPSA) is 74.6 Å². The van der Waals surface area contributed by atoms with Crippen LogP contribution in [0.15, 0.2) is 47.3 Å². The Morgan fingerprint density at radius 3 is 2.46 bits per heavy atom. The number of benzene rings is 2. The summed E-state index contributed by atoms with van der Waals surface area (Å²) in [4.78, 5) is 26.7. The molecular weight excluding hydrogens is 368 g/mol. The Morgan fingerprint density at radius 2 is 1.79 bits per heavy atom. The van der Waals surface area contributed by atoms with E-state index in [1.54, 1.807) is 11.0 Å². The average molecular weight is 385 g/mol. The lowest BCUT2D eigenvalue weighted by atomic mass is 10.1. The van der Waals surface area contributed by atoms with Crippen molar-refractivity contribution >= 4 is 22.7 Å². The number of nitrogens with one attached hydrogen (secondary N) is 1. The van der Waals surface area contributed by atoms with Gasteiger partial charge < -0.3 is 15.3 Å². The minimum Gasteiger partial charge on any atom is -0.477 e. The largest absolute Gasteiger partial charge is 0.477 e. The number of hydrogen-bond donors (Lipinski definition) is 2. The van der Waals surface area contributed by atoms with E-state index in [4.69, 9.17) is 0 Å². The first-order chi connectivity index (χ1) is 13.5. The highest BCUT2D eigenvalue weighted by Crippen LogP contribution is 2.30. The number of piperazine rings is 1. The van der Waals surface area contributed by atoms with Gasteiger partial charge in [0.25, 0.3) is 0 Å². The van der Waals surface area contributed by atoms with Crippen LogP contribution in [0.1, 0.15) is 10.4 Å². The van der Waals surface area contributed by atoms with Gasteiger partial charge in [-0.15, -0.1) is 0 Å². The number of halogens is 2. The second kappa shape index (κ2) is 7.05. The van der Waals surface area contributed by atoms with Gasteiger partial charge in [-0.1, -0.05) is 12.1 Å².